The summed E-state index contributed by atoms with van der Waals surface area (Å²) in [5.41, 5.74) is 1.67. The van der Waals surface area contributed by atoms with Gasteiger partial charge in [0.15, 0.2) is 0 Å². The van der Waals surface area contributed by atoms with Crippen LogP contribution in [0.25, 0.3) is 0 Å². The second-order valence-corrected chi connectivity index (χ2v) is 7.92. The molecular weight excluding hydrogens is 392 g/mol. The van der Waals surface area contributed by atoms with Crippen LogP contribution in [0.2, 0.25) is 5.02 Å². The molecule has 0 aliphatic rings. The van der Waals surface area contributed by atoms with E-state index in [1.807, 2.05) is 31.4 Å². The molecule has 0 fully saturated rings. The van der Waals surface area contributed by atoms with Crippen LogP contribution in [0, 0.1) is 6.92 Å². The van der Waals surface area contributed by atoms with E-state index in [1.165, 1.54) is 22.7 Å². The maximum absolute atomic E-state index is 12.1. The summed E-state index contributed by atoms with van der Waals surface area (Å²) in [7, 11) is 0. The Balaban J connectivity index is 1.52. The smallest absolute Gasteiger partial charge is 0.232 e. The van der Waals surface area contributed by atoms with Crippen molar-refractivity contribution < 1.29 is 9.53 Å². The van der Waals surface area contributed by atoms with Crippen LogP contribution >= 0.6 is 34.3 Å². The van der Waals surface area contributed by atoms with Crippen LogP contribution in [0.1, 0.15) is 28.2 Å². The number of thiazole rings is 1. The van der Waals surface area contributed by atoms with Crippen LogP contribution in [-0.4, -0.2) is 21.1 Å². The number of anilines is 1. The number of benzene rings is 1. The Morgan fingerprint density at radius 2 is 2.15 bits per heavy atom. The fourth-order valence-corrected chi connectivity index (χ4v) is 3.64. The van der Waals surface area contributed by atoms with Crippen LogP contribution in [0.5, 0.6) is 5.75 Å². The Bertz CT molecular complexity index is 910. The van der Waals surface area contributed by atoms with Crippen molar-refractivity contribution in [2.24, 2.45) is 0 Å². The summed E-state index contributed by atoms with van der Waals surface area (Å²) in [4.78, 5) is 16.5. The highest BCUT2D eigenvalue weighted by molar-refractivity contribution is 7.15. The van der Waals surface area contributed by atoms with Gasteiger partial charge in [-0.3, -0.25) is 4.79 Å². The van der Waals surface area contributed by atoms with Gasteiger partial charge in [0.1, 0.15) is 22.4 Å². The van der Waals surface area contributed by atoms with Crippen molar-refractivity contribution in [2.75, 3.05) is 5.32 Å². The molecule has 0 radical (unpaired) electrons. The first-order valence-corrected chi connectivity index (χ1v) is 10.1. The minimum Gasteiger partial charge on any atom is -0.486 e. The van der Waals surface area contributed by atoms with Crippen molar-refractivity contribution in [2.45, 2.75) is 33.3 Å². The van der Waals surface area contributed by atoms with Gasteiger partial charge in [-0.05, 0) is 37.1 Å². The Hall–Kier alpha value is -2.03. The third-order valence-corrected chi connectivity index (χ3v) is 5.73. The van der Waals surface area contributed by atoms with E-state index in [2.05, 4.69) is 20.5 Å². The molecule has 26 heavy (non-hydrogen) atoms. The number of amides is 1. The number of aryl methyl sites for hydroxylation is 2. The van der Waals surface area contributed by atoms with Gasteiger partial charge in [0.05, 0.1) is 12.1 Å². The molecule has 9 heteroatoms. The predicted octanol–water partition coefficient (Wildman–Crippen LogP) is 4.28. The first-order valence-electron chi connectivity index (χ1n) is 7.98. The second kappa shape index (κ2) is 8.57. The Morgan fingerprint density at radius 3 is 2.88 bits per heavy atom. The Labute approximate surface area is 164 Å². The van der Waals surface area contributed by atoms with E-state index < -0.39 is 0 Å². The first kappa shape index (κ1) is 18.8. The van der Waals surface area contributed by atoms with Gasteiger partial charge in [0.2, 0.25) is 11.0 Å². The topological polar surface area (TPSA) is 77.0 Å². The molecule has 0 bridgehead atoms. The normalized spacial score (nSPS) is 10.7. The molecule has 1 aromatic carbocycles. The zero-order valence-electron chi connectivity index (χ0n) is 14.3. The van der Waals surface area contributed by atoms with Crippen LogP contribution < -0.4 is 10.1 Å². The van der Waals surface area contributed by atoms with E-state index in [-0.39, 0.29) is 12.3 Å². The molecule has 0 atom stereocenters. The Kier molecular flexibility index (Phi) is 6.18. The zero-order valence-corrected chi connectivity index (χ0v) is 16.7. The average Bonchev–Trinajstić information content (AvgIpc) is 3.25. The Morgan fingerprint density at radius 1 is 1.31 bits per heavy atom. The van der Waals surface area contributed by atoms with E-state index in [0.717, 1.165) is 27.7 Å². The van der Waals surface area contributed by atoms with Crippen molar-refractivity contribution in [3.05, 3.63) is 49.9 Å². The lowest BCUT2D eigenvalue weighted by Gasteiger charge is -2.05. The van der Waals surface area contributed by atoms with Crippen molar-refractivity contribution in [3.63, 3.8) is 0 Å². The summed E-state index contributed by atoms with van der Waals surface area (Å²) >= 11 is 8.85. The van der Waals surface area contributed by atoms with Crippen LogP contribution in [0.15, 0.2) is 23.6 Å². The number of carbonyl (C=O) groups excluding carboxylic acids is 1. The SMILES string of the molecule is CCc1nnc(NC(=O)Cc2csc(COc3ccc(Cl)c(C)c3)n2)s1. The van der Waals surface area contributed by atoms with Gasteiger partial charge in [-0.1, -0.05) is 29.9 Å². The highest BCUT2D eigenvalue weighted by atomic mass is 35.5. The van der Waals surface area contributed by atoms with Gasteiger partial charge >= 0.3 is 0 Å². The van der Waals surface area contributed by atoms with Crippen molar-refractivity contribution in [1.82, 2.24) is 15.2 Å². The number of rotatable bonds is 7. The van der Waals surface area contributed by atoms with E-state index in [0.29, 0.717) is 22.5 Å². The number of nitrogens with one attached hydrogen (secondary N) is 1. The molecule has 2 aromatic heterocycles. The summed E-state index contributed by atoms with van der Waals surface area (Å²) in [6.07, 6.45) is 0.994. The molecule has 0 aliphatic heterocycles. The number of hydrogen-bond donors (Lipinski definition) is 1. The van der Waals surface area contributed by atoms with E-state index in [1.54, 1.807) is 6.07 Å². The largest absolute Gasteiger partial charge is 0.486 e. The molecule has 136 valence electrons. The molecule has 2 heterocycles. The molecule has 1 N–H and O–H groups in total. The molecule has 0 saturated carbocycles. The van der Waals surface area contributed by atoms with E-state index in [9.17, 15) is 4.79 Å². The van der Waals surface area contributed by atoms with E-state index in [4.69, 9.17) is 16.3 Å². The number of hydrogen-bond acceptors (Lipinski definition) is 7. The monoisotopic (exact) mass is 408 g/mol. The average molecular weight is 409 g/mol. The lowest BCUT2D eigenvalue weighted by atomic mass is 10.2. The third-order valence-electron chi connectivity index (χ3n) is 3.45. The standard InChI is InChI=1S/C17H17ClN4O2S2/c1-3-15-21-22-17(26-15)20-14(23)7-11-9-25-16(19-11)8-24-12-4-5-13(18)10(2)6-12/h4-6,9H,3,7-8H2,1-2H3,(H,20,22,23). The second-order valence-electron chi connectivity index (χ2n) is 5.51. The molecule has 1 amide bonds. The lowest BCUT2D eigenvalue weighted by molar-refractivity contribution is -0.115. The highest BCUT2D eigenvalue weighted by Gasteiger charge is 2.11. The van der Waals surface area contributed by atoms with Crippen molar-refractivity contribution in [3.8, 4) is 5.75 Å². The predicted molar refractivity (Wildman–Crippen MR) is 104 cm³/mol. The number of carbonyl (C=O) groups is 1. The van der Waals surface area contributed by atoms with Gasteiger partial charge in [-0.2, -0.15) is 0 Å². The summed E-state index contributed by atoms with van der Waals surface area (Å²) in [5, 5.41) is 15.5. The van der Waals surface area contributed by atoms with Crippen molar-refractivity contribution >= 4 is 45.3 Å². The third kappa shape index (κ3) is 5.00. The number of nitrogens with zero attached hydrogens (tertiary/aromatic N) is 3. The summed E-state index contributed by atoms with van der Waals surface area (Å²) < 4.78 is 5.73. The zero-order chi connectivity index (χ0) is 18.5. The molecule has 0 unspecified atom stereocenters. The van der Waals surface area contributed by atoms with Crippen LogP contribution in [-0.2, 0) is 24.2 Å². The highest BCUT2D eigenvalue weighted by Crippen LogP contribution is 2.22. The summed E-state index contributed by atoms with van der Waals surface area (Å²) in [5.74, 6) is 0.583. The fourth-order valence-electron chi connectivity index (χ4n) is 2.12. The fraction of sp³-hybridized carbons (Fsp3) is 0.294. The molecule has 0 saturated heterocycles. The maximum atomic E-state index is 12.1. The summed E-state index contributed by atoms with van der Waals surface area (Å²) in [6.45, 7) is 4.27. The quantitative estimate of drug-likeness (QED) is 0.631. The van der Waals surface area contributed by atoms with Crippen LogP contribution in [0.3, 0.4) is 0 Å². The van der Waals surface area contributed by atoms with E-state index >= 15 is 0 Å². The van der Waals surface area contributed by atoms with Crippen LogP contribution in [0.4, 0.5) is 5.13 Å². The molecule has 3 rings (SSSR count). The summed E-state index contributed by atoms with van der Waals surface area (Å²) in [6, 6.07) is 5.52. The molecule has 0 aliphatic carbocycles. The van der Waals surface area contributed by atoms with Crippen molar-refractivity contribution in [1.29, 1.82) is 0 Å². The minimum absolute atomic E-state index is 0.158. The number of aromatic nitrogens is 3. The molecule has 0 spiro atoms. The maximum Gasteiger partial charge on any atom is 0.232 e. The van der Waals surface area contributed by atoms with Gasteiger partial charge in [0, 0.05) is 10.4 Å². The number of halogens is 1. The minimum atomic E-state index is -0.158. The lowest BCUT2D eigenvalue weighted by Crippen LogP contribution is -2.14. The van der Waals surface area contributed by atoms with Gasteiger partial charge in [0.25, 0.3) is 0 Å². The molecule has 3 aromatic rings. The molecule has 6 nitrogen and oxygen atoms in total. The van der Waals surface area contributed by atoms with Gasteiger partial charge in [-0.25, -0.2) is 4.98 Å². The van der Waals surface area contributed by atoms with Gasteiger partial charge < -0.3 is 10.1 Å². The first-order chi connectivity index (χ1) is 12.5. The van der Waals surface area contributed by atoms with Gasteiger partial charge in [-0.15, -0.1) is 21.5 Å². The number of ether oxygens (including phenoxy) is 1. The molecular formula is C17H17ClN4O2S2.